The first kappa shape index (κ1) is 18.6. The number of rotatable bonds is 4. The molecule has 0 spiro atoms. The van der Waals surface area contributed by atoms with E-state index in [0.29, 0.717) is 25.6 Å². The van der Waals surface area contributed by atoms with Crippen molar-refractivity contribution in [2.24, 2.45) is 0 Å². The smallest absolute Gasteiger partial charge is 0.246 e. The summed E-state index contributed by atoms with van der Waals surface area (Å²) in [5.74, 6) is -0.313. The maximum Gasteiger partial charge on any atom is 0.246 e. The minimum absolute atomic E-state index is 0.00823. The van der Waals surface area contributed by atoms with Crippen LogP contribution in [0.25, 0.3) is 0 Å². The van der Waals surface area contributed by atoms with Crippen LogP contribution in [0.4, 0.5) is 0 Å². The minimum atomic E-state index is -3.31. The molecule has 2 aliphatic heterocycles. The molecule has 2 heterocycles. The van der Waals surface area contributed by atoms with Crippen LogP contribution in [0.15, 0.2) is 0 Å². The monoisotopic (exact) mass is 372 g/mol. The normalized spacial score (nSPS) is 31.8. The fourth-order valence-corrected chi connectivity index (χ4v) is 5.30. The standard InChI is InChI=1S/C16H28N4O4S/c1-11(21)17-15-10-19(13-5-3-4-6-13)9-14-7-12(18-25(2,23)24)8-20(14)16(15)22/h12-15,18H,3-10H2,1-2H3,(H,17,21)/t12-,14-,15-/m0/s1. The summed E-state index contributed by atoms with van der Waals surface area (Å²) in [4.78, 5) is 28.6. The molecule has 2 saturated heterocycles. The van der Waals surface area contributed by atoms with E-state index in [2.05, 4.69) is 14.9 Å². The molecule has 8 nitrogen and oxygen atoms in total. The van der Waals surface area contributed by atoms with E-state index in [1.807, 2.05) is 0 Å². The SMILES string of the molecule is CC(=O)N[C@H]1CN(C2CCCC2)C[C@@H]2C[C@H](NS(C)(=O)=O)CN2C1=O. The molecule has 142 valence electrons. The van der Waals surface area contributed by atoms with E-state index in [0.717, 1.165) is 25.6 Å². The Morgan fingerprint density at radius 2 is 1.80 bits per heavy atom. The Kier molecular flexibility index (Phi) is 5.36. The quantitative estimate of drug-likeness (QED) is 0.678. The minimum Gasteiger partial charge on any atom is -0.343 e. The van der Waals surface area contributed by atoms with Crippen molar-refractivity contribution in [2.45, 2.75) is 63.2 Å². The largest absolute Gasteiger partial charge is 0.343 e. The van der Waals surface area contributed by atoms with Gasteiger partial charge in [0.25, 0.3) is 0 Å². The molecular weight excluding hydrogens is 344 g/mol. The van der Waals surface area contributed by atoms with Crippen LogP contribution in [-0.4, -0.2) is 80.1 Å². The van der Waals surface area contributed by atoms with Gasteiger partial charge in [-0.05, 0) is 19.3 Å². The van der Waals surface area contributed by atoms with Crippen molar-refractivity contribution < 1.29 is 18.0 Å². The molecule has 25 heavy (non-hydrogen) atoms. The Morgan fingerprint density at radius 1 is 1.12 bits per heavy atom. The number of nitrogens with zero attached hydrogens (tertiary/aromatic N) is 2. The number of nitrogens with one attached hydrogen (secondary N) is 2. The van der Waals surface area contributed by atoms with Crippen molar-refractivity contribution in [3.05, 3.63) is 0 Å². The van der Waals surface area contributed by atoms with Gasteiger partial charge in [0.2, 0.25) is 21.8 Å². The van der Waals surface area contributed by atoms with Crippen LogP contribution in [0.3, 0.4) is 0 Å². The predicted octanol–water partition coefficient (Wildman–Crippen LogP) is -0.732. The highest BCUT2D eigenvalue weighted by molar-refractivity contribution is 7.88. The molecule has 0 unspecified atom stereocenters. The zero-order valence-electron chi connectivity index (χ0n) is 14.9. The molecule has 2 N–H and O–H groups in total. The lowest BCUT2D eigenvalue weighted by atomic mass is 10.1. The van der Waals surface area contributed by atoms with Gasteiger partial charge in [-0.25, -0.2) is 13.1 Å². The van der Waals surface area contributed by atoms with Crippen LogP contribution in [-0.2, 0) is 19.6 Å². The summed E-state index contributed by atoms with van der Waals surface area (Å²) in [6.07, 6.45) is 6.41. The van der Waals surface area contributed by atoms with Crippen molar-refractivity contribution in [3.8, 4) is 0 Å². The van der Waals surface area contributed by atoms with Gasteiger partial charge < -0.3 is 10.2 Å². The summed E-state index contributed by atoms with van der Waals surface area (Å²) in [7, 11) is -3.31. The Labute approximate surface area is 149 Å². The molecular formula is C16H28N4O4S. The van der Waals surface area contributed by atoms with Crippen LogP contribution in [0, 0.1) is 0 Å². The van der Waals surface area contributed by atoms with E-state index in [1.54, 1.807) is 4.90 Å². The van der Waals surface area contributed by atoms with Crippen LogP contribution in [0.2, 0.25) is 0 Å². The van der Waals surface area contributed by atoms with Gasteiger partial charge in [-0.1, -0.05) is 12.8 Å². The summed E-state index contributed by atoms with van der Waals surface area (Å²) in [5.41, 5.74) is 0. The molecule has 3 rings (SSSR count). The highest BCUT2D eigenvalue weighted by Gasteiger charge is 2.44. The molecule has 0 aromatic carbocycles. The summed E-state index contributed by atoms with van der Waals surface area (Å²) in [5, 5.41) is 2.79. The number of amides is 2. The fourth-order valence-electron chi connectivity index (χ4n) is 4.53. The molecule has 2 amide bonds. The van der Waals surface area contributed by atoms with Crippen LogP contribution in [0.1, 0.15) is 39.0 Å². The van der Waals surface area contributed by atoms with E-state index in [9.17, 15) is 18.0 Å². The van der Waals surface area contributed by atoms with Gasteiger partial charge in [-0.3, -0.25) is 14.5 Å². The third-order valence-electron chi connectivity index (χ3n) is 5.46. The second-order valence-electron chi connectivity index (χ2n) is 7.61. The lowest BCUT2D eigenvalue weighted by Crippen LogP contribution is -2.51. The number of hydrogen-bond donors (Lipinski definition) is 2. The molecule has 0 aromatic heterocycles. The van der Waals surface area contributed by atoms with Gasteiger partial charge in [0.15, 0.2) is 0 Å². The van der Waals surface area contributed by atoms with Crippen LogP contribution < -0.4 is 10.0 Å². The highest BCUT2D eigenvalue weighted by atomic mass is 32.2. The fraction of sp³-hybridized carbons (Fsp3) is 0.875. The Morgan fingerprint density at radius 3 is 2.40 bits per heavy atom. The summed E-state index contributed by atoms with van der Waals surface area (Å²) >= 11 is 0. The van der Waals surface area contributed by atoms with Crippen molar-refractivity contribution in [3.63, 3.8) is 0 Å². The Hall–Kier alpha value is -1.19. The number of hydrogen-bond acceptors (Lipinski definition) is 5. The summed E-state index contributed by atoms with van der Waals surface area (Å²) in [6, 6.07) is -0.373. The molecule has 3 fully saturated rings. The lowest BCUT2D eigenvalue weighted by molar-refractivity contribution is -0.135. The molecule has 0 bridgehead atoms. The highest BCUT2D eigenvalue weighted by Crippen LogP contribution is 2.29. The zero-order chi connectivity index (χ0) is 18.2. The third kappa shape index (κ3) is 4.51. The van der Waals surface area contributed by atoms with Gasteiger partial charge in [0, 0.05) is 44.7 Å². The van der Waals surface area contributed by atoms with Crippen molar-refractivity contribution in [1.82, 2.24) is 19.8 Å². The average molecular weight is 372 g/mol. The van der Waals surface area contributed by atoms with Crippen molar-refractivity contribution in [1.29, 1.82) is 0 Å². The van der Waals surface area contributed by atoms with Gasteiger partial charge in [0.05, 0.1) is 6.26 Å². The van der Waals surface area contributed by atoms with Crippen molar-refractivity contribution >= 4 is 21.8 Å². The second kappa shape index (κ2) is 7.20. The van der Waals surface area contributed by atoms with Crippen LogP contribution >= 0.6 is 0 Å². The first-order chi connectivity index (χ1) is 11.7. The number of sulfonamides is 1. The van der Waals surface area contributed by atoms with E-state index in [1.165, 1.54) is 19.8 Å². The van der Waals surface area contributed by atoms with Gasteiger partial charge in [-0.2, -0.15) is 0 Å². The Balaban J connectivity index is 1.79. The maximum atomic E-state index is 12.9. The average Bonchev–Trinajstić information content (AvgIpc) is 3.10. The van der Waals surface area contributed by atoms with Gasteiger partial charge >= 0.3 is 0 Å². The predicted molar refractivity (Wildman–Crippen MR) is 93.3 cm³/mol. The third-order valence-corrected chi connectivity index (χ3v) is 6.22. The number of fused-ring (bicyclic) bond motifs is 1. The van der Waals surface area contributed by atoms with Crippen molar-refractivity contribution in [2.75, 3.05) is 25.9 Å². The zero-order valence-corrected chi connectivity index (χ0v) is 15.7. The first-order valence-electron chi connectivity index (χ1n) is 9.02. The molecule has 0 aromatic rings. The van der Waals surface area contributed by atoms with E-state index in [4.69, 9.17) is 0 Å². The molecule has 3 aliphatic rings. The molecule has 1 saturated carbocycles. The van der Waals surface area contributed by atoms with Gasteiger partial charge in [-0.15, -0.1) is 0 Å². The molecule has 1 aliphatic carbocycles. The molecule has 3 atom stereocenters. The van der Waals surface area contributed by atoms with Gasteiger partial charge in [0.1, 0.15) is 6.04 Å². The first-order valence-corrected chi connectivity index (χ1v) is 10.9. The lowest BCUT2D eigenvalue weighted by Gasteiger charge is -2.30. The van der Waals surface area contributed by atoms with Crippen LogP contribution in [0.5, 0.6) is 0 Å². The number of carbonyl (C=O) groups excluding carboxylic acids is 2. The topological polar surface area (TPSA) is 98.8 Å². The Bertz CT molecular complexity index is 632. The number of carbonyl (C=O) groups is 2. The maximum absolute atomic E-state index is 12.9. The van der Waals surface area contributed by atoms with E-state index in [-0.39, 0.29) is 23.9 Å². The summed E-state index contributed by atoms with van der Waals surface area (Å²) in [6.45, 7) is 3.08. The summed E-state index contributed by atoms with van der Waals surface area (Å²) < 4.78 is 25.7. The second-order valence-corrected chi connectivity index (χ2v) is 9.39. The van der Waals surface area contributed by atoms with E-state index < -0.39 is 16.1 Å². The van der Waals surface area contributed by atoms with E-state index >= 15 is 0 Å². The molecule has 0 radical (unpaired) electrons. The molecule has 9 heteroatoms.